The van der Waals surface area contributed by atoms with Crippen LogP contribution in [0, 0.1) is 29.6 Å². The second-order valence-corrected chi connectivity index (χ2v) is 16.9. The summed E-state index contributed by atoms with van der Waals surface area (Å²) in [6, 6.07) is 6.40. The number of ether oxygens (including phenoxy) is 2. The van der Waals surface area contributed by atoms with Crippen molar-refractivity contribution in [1.82, 2.24) is 0 Å². The molecule has 1 aliphatic heterocycles. The zero-order valence-corrected chi connectivity index (χ0v) is 25.4. The molecule has 0 saturated heterocycles. The van der Waals surface area contributed by atoms with Gasteiger partial charge < -0.3 is 19.4 Å². The lowest BCUT2D eigenvalue weighted by Crippen LogP contribution is -2.40. The zero-order valence-electron chi connectivity index (χ0n) is 24.4. The van der Waals surface area contributed by atoms with E-state index in [1.165, 1.54) is 5.56 Å². The van der Waals surface area contributed by atoms with Crippen molar-refractivity contribution in [3.8, 4) is 17.6 Å². The average molecular weight is 541 g/mol. The minimum Gasteiger partial charge on any atom is -0.489 e. The van der Waals surface area contributed by atoms with Gasteiger partial charge in [-0.2, -0.15) is 0 Å². The molecule has 1 aliphatic carbocycles. The van der Waals surface area contributed by atoms with Crippen LogP contribution in [-0.4, -0.2) is 43.0 Å². The SMILES string of the molecule is CC#CC[C@H](C)[C@H](O)/C=C/[C@H]1[C@H](CC(C)(C)[Si](C)(C)O)C[C@@H]2Oc3c(CCCC(=O)OCC)cccc3[C@H]12. The summed E-state index contributed by atoms with van der Waals surface area (Å²) < 4.78 is 11.7. The number of carbonyl (C=O) groups excluding carboxylic acids is 1. The largest absolute Gasteiger partial charge is 0.489 e. The Morgan fingerprint density at radius 1 is 1.34 bits per heavy atom. The van der Waals surface area contributed by atoms with Crippen molar-refractivity contribution in [2.45, 2.75) is 109 Å². The summed E-state index contributed by atoms with van der Waals surface area (Å²) in [6.07, 6.45) is 8.16. The van der Waals surface area contributed by atoms with Crippen LogP contribution >= 0.6 is 0 Å². The molecule has 6 heteroatoms. The molecule has 0 unspecified atom stereocenters. The van der Waals surface area contributed by atoms with Crippen molar-refractivity contribution < 1.29 is 24.2 Å². The summed E-state index contributed by atoms with van der Waals surface area (Å²) in [5.74, 6) is 7.68. The van der Waals surface area contributed by atoms with E-state index in [1.807, 2.05) is 39.9 Å². The smallest absolute Gasteiger partial charge is 0.305 e. The lowest BCUT2D eigenvalue weighted by Gasteiger charge is -2.38. The highest BCUT2D eigenvalue weighted by Crippen LogP contribution is 2.58. The van der Waals surface area contributed by atoms with E-state index in [0.717, 1.165) is 37.0 Å². The van der Waals surface area contributed by atoms with E-state index in [1.54, 1.807) is 0 Å². The van der Waals surface area contributed by atoms with Gasteiger partial charge in [0.2, 0.25) is 0 Å². The molecule has 0 aromatic heterocycles. The fourth-order valence-electron chi connectivity index (χ4n) is 5.90. The predicted molar refractivity (Wildman–Crippen MR) is 156 cm³/mol. The first kappa shape index (κ1) is 30.5. The van der Waals surface area contributed by atoms with Gasteiger partial charge in [0.05, 0.1) is 12.7 Å². The summed E-state index contributed by atoms with van der Waals surface area (Å²) in [6.45, 7) is 14.6. The molecule has 1 aromatic carbocycles. The van der Waals surface area contributed by atoms with Gasteiger partial charge in [0.15, 0.2) is 8.32 Å². The fourth-order valence-corrected chi connectivity index (χ4v) is 6.67. The van der Waals surface area contributed by atoms with Gasteiger partial charge in [0.1, 0.15) is 11.9 Å². The van der Waals surface area contributed by atoms with E-state index in [-0.39, 0.29) is 34.9 Å². The van der Waals surface area contributed by atoms with Crippen molar-refractivity contribution in [2.75, 3.05) is 6.61 Å². The number of aryl methyl sites for hydroxylation is 1. The summed E-state index contributed by atoms with van der Waals surface area (Å²) in [5.41, 5.74) is 2.38. The monoisotopic (exact) mass is 540 g/mol. The van der Waals surface area contributed by atoms with Gasteiger partial charge >= 0.3 is 5.97 Å². The van der Waals surface area contributed by atoms with E-state index in [2.05, 4.69) is 50.0 Å². The Kier molecular flexibility index (Phi) is 10.3. The number of allylic oxidation sites excluding steroid dienone is 1. The molecule has 1 fully saturated rings. The fraction of sp³-hybridized carbons (Fsp3) is 0.656. The zero-order chi connectivity index (χ0) is 28.1. The van der Waals surface area contributed by atoms with Gasteiger partial charge in [-0.1, -0.05) is 51.1 Å². The van der Waals surface area contributed by atoms with Gasteiger partial charge in [0, 0.05) is 24.3 Å². The van der Waals surface area contributed by atoms with E-state index < -0.39 is 14.4 Å². The van der Waals surface area contributed by atoms with E-state index >= 15 is 0 Å². The number of carbonyl (C=O) groups is 1. The predicted octanol–water partition coefficient (Wildman–Crippen LogP) is 6.39. The van der Waals surface area contributed by atoms with Crippen LogP contribution in [0.2, 0.25) is 18.1 Å². The van der Waals surface area contributed by atoms with Gasteiger partial charge in [0.25, 0.3) is 0 Å². The van der Waals surface area contributed by atoms with E-state index in [4.69, 9.17) is 9.47 Å². The molecule has 1 heterocycles. The molecule has 0 amide bonds. The maximum atomic E-state index is 11.8. The molecule has 0 radical (unpaired) electrons. The Labute approximate surface area is 231 Å². The van der Waals surface area contributed by atoms with E-state index in [9.17, 15) is 14.7 Å². The first-order valence-electron chi connectivity index (χ1n) is 14.3. The Hall–Kier alpha value is -2.07. The molecule has 2 aliphatic rings. The molecular weight excluding hydrogens is 492 g/mol. The quantitative estimate of drug-likeness (QED) is 0.139. The number of para-hydroxylation sites is 1. The van der Waals surface area contributed by atoms with Gasteiger partial charge in [-0.15, -0.1) is 11.8 Å². The molecule has 210 valence electrons. The third kappa shape index (κ3) is 7.11. The molecule has 1 saturated carbocycles. The van der Waals surface area contributed by atoms with Crippen molar-refractivity contribution in [1.29, 1.82) is 0 Å². The first-order chi connectivity index (χ1) is 17.9. The Balaban J connectivity index is 1.86. The first-order valence-corrected chi connectivity index (χ1v) is 17.3. The van der Waals surface area contributed by atoms with Crippen molar-refractivity contribution in [3.05, 3.63) is 41.5 Å². The lowest BCUT2D eigenvalue weighted by atomic mass is 9.80. The van der Waals surface area contributed by atoms with Crippen LogP contribution in [0.3, 0.4) is 0 Å². The van der Waals surface area contributed by atoms with Crippen LogP contribution in [0.25, 0.3) is 0 Å². The number of aliphatic hydroxyl groups is 1. The number of fused-ring (bicyclic) bond motifs is 3. The second kappa shape index (κ2) is 12.9. The maximum absolute atomic E-state index is 11.8. The molecule has 5 nitrogen and oxygen atoms in total. The number of esters is 1. The molecular formula is C32H48O5Si. The third-order valence-corrected chi connectivity index (χ3v) is 12.4. The van der Waals surface area contributed by atoms with Crippen molar-refractivity contribution in [3.63, 3.8) is 0 Å². The minimum absolute atomic E-state index is 0.0627. The van der Waals surface area contributed by atoms with E-state index in [0.29, 0.717) is 25.4 Å². The van der Waals surface area contributed by atoms with Gasteiger partial charge in [-0.3, -0.25) is 4.79 Å². The summed E-state index contributed by atoms with van der Waals surface area (Å²) in [4.78, 5) is 22.8. The molecule has 3 rings (SSSR count). The molecule has 0 bridgehead atoms. The summed E-state index contributed by atoms with van der Waals surface area (Å²) >= 11 is 0. The molecule has 0 spiro atoms. The molecule has 38 heavy (non-hydrogen) atoms. The lowest BCUT2D eigenvalue weighted by molar-refractivity contribution is -0.143. The highest BCUT2D eigenvalue weighted by molar-refractivity contribution is 6.72. The molecule has 1 aromatic rings. The number of hydrogen-bond acceptors (Lipinski definition) is 5. The second-order valence-electron chi connectivity index (χ2n) is 12.4. The summed E-state index contributed by atoms with van der Waals surface area (Å²) in [5, 5.41) is 10.7. The molecule has 2 N–H and O–H groups in total. The minimum atomic E-state index is -2.37. The maximum Gasteiger partial charge on any atom is 0.305 e. The normalized spacial score (nSPS) is 24.2. The van der Waals surface area contributed by atoms with Crippen LogP contribution in [0.5, 0.6) is 5.75 Å². The van der Waals surface area contributed by atoms with Crippen molar-refractivity contribution in [2.24, 2.45) is 17.8 Å². The molecule has 6 atom stereocenters. The number of hydrogen-bond donors (Lipinski definition) is 2. The standard InChI is InChI=1S/C32H48O5Si/c1-8-10-13-22(3)27(33)19-18-25-24(21-32(4,5)38(6,7)35)20-28-30(25)26-16-11-14-23(31(26)37-28)15-12-17-29(34)36-9-2/h11,14,16,18-19,22,24-25,27-28,30,33,35H,9,12-13,15,17,20-21H2,1-7H3/b19-18+/t22-,24-,25-,27+,28-,30-/m0/s1. The third-order valence-electron chi connectivity index (χ3n) is 8.93. The summed E-state index contributed by atoms with van der Waals surface area (Å²) in [7, 11) is -2.37. The number of aliphatic hydroxyl groups excluding tert-OH is 1. The number of rotatable bonds is 12. The Bertz CT molecular complexity index is 1040. The van der Waals surface area contributed by atoms with Crippen molar-refractivity contribution >= 4 is 14.3 Å². The van der Waals surface area contributed by atoms with Crippen LogP contribution < -0.4 is 4.74 Å². The Morgan fingerprint density at radius 2 is 2.08 bits per heavy atom. The topological polar surface area (TPSA) is 76.0 Å². The Morgan fingerprint density at radius 3 is 2.74 bits per heavy atom. The van der Waals surface area contributed by atoms with Gasteiger partial charge in [-0.05, 0) is 81.0 Å². The van der Waals surface area contributed by atoms with Gasteiger partial charge in [-0.25, -0.2) is 0 Å². The van der Waals surface area contributed by atoms with Crippen LogP contribution in [0.4, 0.5) is 0 Å². The highest BCUT2D eigenvalue weighted by atomic mass is 28.4. The highest BCUT2D eigenvalue weighted by Gasteiger charge is 2.52. The van der Waals surface area contributed by atoms with Crippen LogP contribution in [0.1, 0.15) is 83.8 Å². The van der Waals surface area contributed by atoms with Crippen LogP contribution in [-0.2, 0) is 16.0 Å². The van der Waals surface area contributed by atoms with Crippen LogP contribution in [0.15, 0.2) is 30.4 Å². The number of benzene rings is 1. The average Bonchev–Trinajstić information content (AvgIpc) is 3.36.